The van der Waals surface area contributed by atoms with Crippen LogP contribution in [0.5, 0.6) is 11.5 Å². The maximum atomic E-state index is 5.51. The summed E-state index contributed by atoms with van der Waals surface area (Å²) in [4.78, 5) is 2.43. The van der Waals surface area contributed by atoms with Crippen molar-refractivity contribution in [2.45, 2.75) is 19.4 Å². The van der Waals surface area contributed by atoms with Crippen molar-refractivity contribution in [1.82, 2.24) is 0 Å². The van der Waals surface area contributed by atoms with Crippen molar-refractivity contribution in [3.8, 4) is 11.5 Å². The third kappa shape index (κ3) is 2.82. The first-order chi connectivity index (χ1) is 10.3. The number of ether oxygens (including phenoxy) is 2. The van der Waals surface area contributed by atoms with E-state index in [0.29, 0.717) is 0 Å². The second-order valence-corrected chi connectivity index (χ2v) is 5.33. The largest absolute Gasteiger partial charge is 0.497 e. The zero-order valence-corrected chi connectivity index (χ0v) is 12.6. The molecule has 0 amide bonds. The van der Waals surface area contributed by atoms with E-state index in [-0.39, 0.29) is 0 Å². The maximum absolute atomic E-state index is 5.51. The molecule has 0 fully saturated rings. The van der Waals surface area contributed by atoms with E-state index >= 15 is 0 Å². The Morgan fingerprint density at radius 3 is 2.71 bits per heavy atom. The number of fused-ring (bicyclic) bond motifs is 1. The SMILES string of the molecule is COc1ccc(CN2CCCc3ccccc32)c(OC)c1. The Morgan fingerprint density at radius 1 is 1.05 bits per heavy atom. The normalized spacial score (nSPS) is 13.7. The predicted octanol–water partition coefficient (Wildman–Crippen LogP) is 3.66. The van der Waals surface area contributed by atoms with Crippen LogP contribution in [0.1, 0.15) is 17.5 Å². The summed E-state index contributed by atoms with van der Waals surface area (Å²) in [5.74, 6) is 1.71. The predicted molar refractivity (Wildman–Crippen MR) is 85.4 cm³/mol. The van der Waals surface area contributed by atoms with Crippen LogP contribution in [0.4, 0.5) is 5.69 Å². The Labute approximate surface area is 126 Å². The molecule has 0 aliphatic carbocycles. The fourth-order valence-electron chi connectivity index (χ4n) is 2.96. The molecule has 0 unspecified atom stereocenters. The molecule has 0 spiro atoms. The number of hydrogen-bond donors (Lipinski definition) is 0. The summed E-state index contributed by atoms with van der Waals surface area (Å²) in [5.41, 5.74) is 3.98. The highest BCUT2D eigenvalue weighted by molar-refractivity contribution is 5.56. The van der Waals surface area contributed by atoms with Crippen molar-refractivity contribution in [2.75, 3.05) is 25.7 Å². The van der Waals surface area contributed by atoms with Crippen LogP contribution in [0.15, 0.2) is 42.5 Å². The van der Waals surface area contributed by atoms with Crippen LogP contribution in [0.2, 0.25) is 0 Å². The van der Waals surface area contributed by atoms with Crippen LogP contribution in [0, 0.1) is 0 Å². The fraction of sp³-hybridized carbons (Fsp3) is 0.333. The average Bonchev–Trinajstić information content (AvgIpc) is 2.55. The molecule has 0 radical (unpaired) electrons. The van der Waals surface area contributed by atoms with Gasteiger partial charge in [-0.25, -0.2) is 0 Å². The molecule has 0 N–H and O–H groups in total. The molecular formula is C18H21NO2. The number of para-hydroxylation sites is 1. The molecule has 0 aromatic heterocycles. The lowest BCUT2D eigenvalue weighted by Gasteiger charge is -2.31. The van der Waals surface area contributed by atoms with Gasteiger partial charge in [0.15, 0.2) is 0 Å². The minimum atomic E-state index is 0.828. The summed E-state index contributed by atoms with van der Waals surface area (Å²) in [7, 11) is 3.39. The molecule has 0 bridgehead atoms. The summed E-state index contributed by atoms with van der Waals surface area (Å²) >= 11 is 0. The number of benzene rings is 2. The van der Waals surface area contributed by atoms with Gasteiger partial charge in [-0.3, -0.25) is 0 Å². The van der Waals surface area contributed by atoms with E-state index in [1.165, 1.54) is 29.7 Å². The van der Waals surface area contributed by atoms with Crippen molar-refractivity contribution in [1.29, 1.82) is 0 Å². The summed E-state index contributed by atoms with van der Waals surface area (Å²) in [6, 6.07) is 14.7. The van der Waals surface area contributed by atoms with Crippen LogP contribution >= 0.6 is 0 Å². The first kappa shape index (κ1) is 13.8. The van der Waals surface area contributed by atoms with E-state index in [9.17, 15) is 0 Å². The first-order valence-electron chi connectivity index (χ1n) is 7.35. The molecule has 0 saturated heterocycles. The van der Waals surface area contributed by atoms with Crippen molar-refractivity contribution in [3.63, 3.8) is 0 Å². The maximum Gasteiger partial charge on any atom is 0.127 e. The minimum Gasteiger partial charge on any atom is -0.497 e. The van der Waals surface area contributed by atoms with E-state index in [1.807, 2.05) is 12.1 Å². The average molecular weight is 283 g/mol. The van der Waals surface area contributed by atoms with Gasteiger partial charge in [0, 0.05) is 30.4 Å². The smallest absolute Gasteiger partial charge is 0.127 e. The summed E-state index contributed by atoms with van der Waals surface area (Å²) in [6.07, 6.45) is 2.38. The van der Waals surface area contributed by atoms with Gasteiger partial charge in [0.1, 0.15) is 11.5 Å². The Bertz CT molecular complexity index is 624. The minimum absolute atomic E-state index is 0.828. The van der Waals surface area contributed by atoms with E-state index in [2.05, 4.69) is 35.2 Å². The topological polar surface area (TPSA) is 21.7 Å². The summed E-state index contributed by atoms with van der Waals surface area (Å²) in [6.45, 7) is 1.95. The van der Waals surface area contributed by atoms with Crippen LogP contribution < -0.4 is 14.4 Å². The molecule has 0 saturated carbocycles. The molecule has 110 valence electrons. The van der Waals surface area contributed by atoms with E-state index in [4.69, 9.17) is 9.47 Å². The number of aryl methyl sites for hydroxylation is 1. The Hall–Kier alpha value is -2.16. The molecule has 0 atom stereocenters. The summed E-state index contributed by atoms with van der Waals surface area (Å²) in [5, 5.41) is 0. The van der Waals surface area contributed by atoms with Gasteiger partial charge in [-0.2, -0.15) is 0 Å². The van der Waals surface area contributed by atoms with Gasteiger partial charge in [-0.15, -0.1) is 0 Å². The zero-order chi connectivity index (χ0) is 14.7. The van der Waals surface area contributed by atoms with Gasteiger partial charge < -0.3 is 14.4 Å². The third-order valence-corrected chi connectivity index (χ3v) is 4.06. The van der Waals surface area contributed by atoms with Gasteiger partial charge in [0.05, 0.1) is 14.2 Å². The molecule has 2 aromatic rings. The first-order valence-corrected chi connectivity index (χ1v) is 7.35. The Morgan fingerprint density at radius 2 is 1.90 bits per heavy atom. The molecule has 2 aromatic carbocycles. The highest BCUT2D eigenvalue weighted by Gasteiger charge is 2.17. The molecule has 1 aliphatic rings. The lowest BCUT2D eigenvalue weighted by Crippen LogP contribution is -2.28. The Balaban J connectivity index is 1.88. The molecule has 1 aliphatic heterocycles. The lowest BCUT2D eigenvalue weighted by atomic mass is 10.0. The second-order valence-electron chi connectivity index (χ2n) is 5.33. The monoisotopic (exact) mass is 283 g/mol. The number of hydrogen-bond acceptors (Lipinski definition) is 3. The van der Waals surface area contributed by atoms with Crippen molar-refractivity contribution in [2.24, 2.45) is 0 Å². The second kappa shape index (κ2) is 6.08. The van der Waals surface area contributed by atoms with Gasteiger partial charge in [0.2, 0.25) is 0 Å². The van der Waals surface area contributed by atoms with Gasteiger partial charge in [-0.05, 0) is 36.6 Å². The molecule has 3 rings (SSSR count). The molecular weight excluding hydrogens is 262 g/mol. The van der Waals surface area contributed by atoms with E-state index in [0.717, 1.165) is 24.6 Å². The van der Waals surface area contributed by atoms with E-state index in [1.54, 1.807) is 14.2 Å². The van der Waals surface area contributed by atoms with Crippen LogP contribution in [0.25, 0.3) is 0 Å². The zero-order valence-electron chi connectivity index (χ0n) is 12.6. The summed E-state index contributed by atoms with van der Waals surface area (Å²) < 4.78 is 10.8. The van der Waals surface area contributed by atoms with Crippen molar-refractivity contribution in [3.05, 3.63) is 53.6 Å². The number of nitrogens with zero attached hydrogens (tertiary/aromatic N) is 1. The standard InChI is InChI=1S/C18H21NO2/c1-20-16-10-9-15(18(12-16)21-2)13-19-11-5-7-14-6-3-4-8-17(14)19/h3-4,6,8-10,12H,5,7,11,13H2,1-2H3. The number of methoxy groups -OCH3 is 2. The highest BCUT2D eigenvalue weighted by Crippen LogP contribution is 2.31. The fourth-order valence-corrected chi connectivity index (χ4v) is 2.96. The van der Waals surface area contributed by atoms with Gasteiger partial charge >= 0.3 is 0 Å². The molecule has 1 heterocycles. The highest BCUT2D eigenvalue weighted by atomic mass is 16.5. The van der Waals surface area contributed by atoms with Crippen molar-refractivity contribution >= 4 is 5.69 Å². The lowest BCUT2D eigenvalue weighted by molar-refractivity contribution is 0.390. The third-order valence-electron chi connectivity index (χ3n) is 4.06. The Kier molecular flexibility index (Phi) is 4.00. The quantitative estimate of drug-likeness (QED) is 0.855. The van der Waals surface area contributed by atoms with E-state index < -0.39 is 0 Å². The molecule has 3 heteroatoms. The van der Waals surface area contributed by atoms with Crippen LogP contribution in [-0.2, 0) is 13.0 Å². The van der Waals surface area contributed by atoms with Crippen LogP contribution in [-0.4, -0.2) is 20.8 Å². The number of rotatable bonds is 4. The van der Waals surface area contributed by atoms with Crippen molar-refractivity contribution < 1.29 is 9.47 Å². The number of anilines is 1. The van der Waals surface area contributed by atoms with Gasteiger partial charge in [0.25, 0.3) is 0 Å². The molecule has 21 heavy (non-hydrogen) atoms. The van der Waals surface area contributed by atoms with Crippen LogP contribution in [0.3, 0.4) is 0 Å². The van der Waals surface area contributed by atoms with Gasteiger partial charge in [-0.1, -0.05) is 18.2 Å². The molecule has 3 nitrogen and oxygen atoms in total.